The lowest BCUT2D eigenvalue weighted by Crippen LogP contribution is -1.75. The minimum absolute atomic E-state index is 0.660. The molecule has 0 unspecified atom stereocenters. The second kappa shape index (κ2) is 3.09. The fourth-order valence-electron chi connectivity index (χ4n) is 0.893. The van der Waals surface area contributed by atoms with E-state index in [1.807, 2.05) is 6.08 Å². The van der Waals surface area contributed by atoms with Crippen molar-refractivity contribution < 1.29 is 0 Å². The Kier molecular flexibility index (Phi) is 2.09. The van der Waals surface area contributed by atoms with Gasteiger partial charge >= 0.3 is 0 Å². The number of hydrogen-bond donors (Lipinski definition) is 0. The first-order chi connectivity index (χ1) is 4.43. The van der Waals surface area contributed by atoms with Crippen molar-refractivity contribution in [2.75, 3.05) is 0 Å². The Hall–Kier alpha value is -1.03. The van der Waals surface area contributed by atoms with Crippen LogP contribution in [0.2, 0.25) is 0 Å². The molecule has 0 spiro atoms. The Bertz CT molecular complexity index is 181. The maximum Gasteiger partial charge on any atom is 0.0625 e. The van der Waals surface area contributed by atoms with Gasteiger partial charge in [-0.3, -0.25) is 0 Å². The van der Waals surface area contributed by atoms with E-state index in [0.29, 0.717) is 6.42 Å². The first kappa shape index (κ1) is 6.10. The third-order valence-electron chi connectivity index (χ3n) is 1.41. The van der Waals surface area contributed by atoms with E-state index in [1.165, 1.54) is 5.57 Å². The van der Waals surface area contributed by atoms with Gasteiger partial charge in [0.05, 0.1) is 6.07 Å². The highest BCUT2D eigenvalue weighted by molar-refractivity contribution is 5.23. The van der Waals surface area contributed by atoms with Crippen LogP contribution in [0.3, 0.4) is 0 Å². The van der Waals surface area contributed by atoms with Crippen molar-refractivity contribution in [1.29, 1.82) is 5.26 Å². The Balaban J connectivity index is 2.24. The molecule has 0 saturated heterocycles. The van der Waals surface area contributed by atoms with Crippen molar-refractivity contribution in [3.8, 4) is 6.07 Å². The van der Waals surface area contributed by atoms with Gasteiger partial charge in [0.1, 0.15) is 0 Å². The minimum atomic E-state index is 0.660. The third kappa shape index (κ3) is 1.73. The third-order valence-corrected chi connectivity index (χ3v) is 1.41. The van der Waals surface area contributed by atoms with Crippen LogP contribution in [0, 0.1) is 11.3 Å². The van der Waals surface area contributed by atoms with Crippen molar-refractivity contribution in [3.63, 3.8) is 0 Å². The summed E-state index contributed by atoms with van der Waals surface area (Å²) in [7, 11) is 0. The van der Waals surface area contributed by atoms with Gasteiger partial charge in [0, 0.05) is 6.42 Å². The normalized spacial score (nSPS) is 15.2. The lowest BCUT2D eigenvalue weighted by atomic mass is 10.1. The molecule has 46 valence electrons. The summed E-state index contributed by atoms with van der Waals surface area (Å²) in [5.41, 5.74) is 1.39. The number of hydrogen-bond acceptors (Lipinski definition) is 1. The van der Waals surface area contributed by atoms with Crippen LogP contribution in [-0.4, -0.2) is 0 Å². The summed E-state index contributed by atoms with van der Waals surface area (Å²) < 4.78 is 0. The topological polar surface area (TPSA) is 23.8 Å². The summed E-state index contributed by atoms with van der Waals surface area (Å²) in [6.45, 7) is 0. The molecule has 0 aromatic carbocycles. The fraction of sp³-hybridized carbons (Fsp3) is 0.375. The highest BCUT2D eigenvalue weighted by Crippen LogP contribution is 2.14. The first-order valence-electron chi connectivity index (χ1n) is 3.15. The number of nitrogens with zero attached hydrogens (tertiary/aromatic N) is 1. The van der Waals surface area contributed by atoms with E-state index >= 15 is 0 Å². The van der Waals surface area contributed by atoms with E-state index in [-0.39, 0.29) is 0 Å². The van der Waals surface area contributed by atoms with Gasteiger partial charge in [-0.25, -0.2) is 0 Å². The monoisotopic (exact) mass is 119 g/mol. The van der Waals surface area contributed by atoms with Crippen LogP contribution < -0.4 is 0 Å². The van der Waals surface area contributed by atoms with Gasteiger partial charge in [-0.05, 0) is 12.8 Å². The average Bonchev–Trinajstić information content (AvgIpc) is 2.34. The van der Waals surface area contributed by atoms with Crippen molar-refractivity contribution in [3.05, 3.63) is 23.8 Å². The van der Waals surface area contributed by atoms with Gasteiger partial charge < -0.3 is 0 Å². The Morgan fingerprint density at radius 1 is 1.67 bits per heavy atom. The lowest BCUT2D eigenvalue weighted by Gasteiger charge is -1.92. The van der Waals surface area contributed by atoms with E-state index in [1.54, 1.807) is 0 Å². The zero-order chi connectivity index (χ0) is 6.53. The maximum absolute atomic E-state index is 8.23. The molecule has 1 aliphatic carbocycles. The Morgan fingerprint density at radius 2 is 2.56 bits per heavy atom. The van der Waals surface area contributed by atoms with Crippen molar-refractivity contribution in [2.24, 2.45) is 0 Å². The molecule has 1 rings (SSSR count). The molecule has 0 aromatic heterocycles. The molecule has 0 radical (unpaired) electrons. The Morgan fingerprint density at radius 3 is 3.11 bits per heavy atom. The molecule has 1 nitrogen and oxygen atoms in total. The summed E-state index contributed by atoms with van der Waals surface area (Å²) in [6.07, 6.45) is 8.93. The molecule has 0 atom stereocenters. The van der Waals surface area contributed by atoms with Crippen LogP contribution >= 0.6 is 0 Å². The smallest absolute Gasteiger partial charge is 0.0625 e. The molecule has 0 N–H and O–H groups in total. The minimum Gasteiger partial charge on any atom is -0.198 e. The van der Waals surface area contributed by atoms with Crippen LogP contribution in [0.1, 0.15) is 19.3 Å². The molecule has 0 aromatic rings. The largest absolute Gasteiger partial charge is 0.198 e. The van der Waals surface area contributed by atoms with Crippen LogP contribution in [0.15, 0.2) is 23.8 Å². The quantitative estimate of drug-likeness (QED) is 0.546. The SMILES string of the molecule is N#CCCC1=CC=CC1. The molecule has 0 aliphatic heterocycles. The number of allylic oxidation sites excluding steroid dienone is 4. The van der Waals surface area contributed by atoms with Crippen molar-refractivity contribution in [2.45, 2.75) is 19.3 Å². The number of rotatable bonds is 2. The van der Waals surface area contributed by atoms with Gasteiger partial charge in [-0.15, -0.1) is 0 Å². The van der Waals surface area contributed by atoms with Gasteiger partial charge in [-0.1, -0.05) is 23.8 Å². The second-order valence-electron chi connectivity index (χ2n) is 2.12. The summed E-state index contributed by atoms with van der Waals surface area (Å²) in [6, 6.07) is 2.13. The molecule has 0 bridgehead atoms. The van der Waals surface area contributed by atoms with E-state index in [9.17, 15) is 0 Å². The van der Waals surface area contributed by atoms with E-state index in [0.717, 1.165) is 12.8 Å². The van der Waals surface area contributed by atoms with E-state index in [4.69, 9.17) is 5.26 Å². The first-order valence-corrected chi connectivity index (χ1v) is 3.15. The summed E-state index contributed by atoms with van der Waals surface area (Å²) in [4.78, 5) is 0. The molecule has 1 aliphatic rings. The predicted molar refractivity (Wildman–Crippen MR) is 36.7 cm³/mol. The standard InChI is InChI=1S/C8H9N/c9-7-3-6-8-4-1-2-5-8/h1-2,4H,3,5-6H2. The molecule has 9 heavy (non-hydrogen) atoms. The summed E-state index contributed by atoms with van der Waals surface area (Å²) >= 11 is 0. The van der Waals surface area contributed by atoms with Gasteiger partial charge in [0.2, 0.25) is 0 Å². The van der Waals surface area contributed by atoms with E-state index in [2.05, 4.69) is 18.2 Å². The summed E-state index contributed by atoms with van der Waals surface area (Å²) in [5.74, 6) is 0. The van der Waals surface area contributed by atoms with Gasteiger partial charge in [0.15, 0.2) is 0 Å². The van der Waals surface area contributed by atoms with Crippen LogP contribution in [0.5, 0.6) is 0 Å². The van der Waals surface area contributed by atoms with E-state index < -0.39 is 0 Å². The molecular formula is C8H9N. The summed E-state index contributed by atoms with van der Waals surface area (Å²) in [5, 5.41) is 8.23. The molecule has 1 heteroatoms. The molecule has 0 heterocycles. The van der Waals surface area contributed by atoms with Crippen molar-refractivity contribution >= 4 is 0 Å². The van der Waals surface area contributed by atoms with Crippen LogP contribution in [-0.2, 0) is 0 Å². The average molecular weight is 119 g/mol. The zero-order valence-electron chi connectivity index (χ0n) is 5.30. The maximum atomic E-state index is 8.23. The van der Waals surface area contributed by atoms with Gasteiger partial charge in [-0.2, -0.15) is 5.26 Å². The highest BCUT2D eigenvalue weighted by Gasteiger charge is 1.96. The zero-order valence-corrected chi connectivity index (χ0v) is 5.30. The fourth-order valence-corrected chi connectivity index (χ4v) is 0.893. The van der Waals surface area contributed by atoms with Crippen molar-refractivity contribution in [1.82, 2.24) is 0 Å². The number of nitriles is 1. The molecule has 0 amide bonds. The molecular weight excluding hydrogens is 110 g/mol. The molecule has 0 fully saturated rings. The second-order valence-corrected chi connectivity index (χ2v) is 2.12. The van der Waals surface area contributed by atoms with Gasteiger partial charge in [0.25, 0.3) is 0 Å². The predicted octanol–water partition coefficient (Wildman–Crippen LogP) is 2.18. The Labute approximate surface area is 55.3 Å². The highest BCUT2D eigenvalue weighted by atomic mass is 14.2. The lowest BCUT2D eigenvalue weighted by molar-refractivity contribution is 0.959. The molecule has 0 saturated carbocycles. The van der Waals surface area contributed by atoms with Crippen LogP contribution in [0.25, 0.3) is 0 Å². The van der Waals surface area contributed by atoms with Crippen LogP contribution in [0.4, 0.5) is 0 Å².